The third kappa shape index (κ3) is 7.78. The summed E-state index contributed by atoms with van der Waals surface area (Å²) < 4.78 is 7.42. The Kier molecular flexibility index (Phi) is 8.65. The van der Waals surface area contributed by atoms with Gasteiger partial charge >= 0.3 is 0 Å². The number of carbonyl (C=O) groups is 1. The van der Waals surface area contributed by atoms with Crippen molar-refractivity contribution in [2.75, 3.05) is 11.1 Å². The molecule has 3 aromatic carbocycles. The van der Waals surface area contributed by atoms with Crippen LogP contribution >= 0.6 is 46.5 Å². The fourth-order valence-corrected chi connectivity index (χ4v) is 5.64. The molecule has 0 atom stereocenters. The maximum absolute atomic E-state index is 12.3. The lowest BCUT2D eigenvalue weighted by atomic mass is 10.2. The highest BCUT2D eigenvalue weighted by Gasteiger charge is 2.09. The lowest BCUT2D eigenvalue weighted by Crippen LogP contribution is -2.13. The molecule has 1 heterocycles. The van der Waals surface area contributed by atoms with E-state index in [1.807, 2.05) is 78.9 Å². The number of anilines is 1. The van der Waals surface area contributed by atoms with E-state index in [2.05, 4.69) is 15.5 Å². The van der Waals surface area contributed by atoms with Gasteiger partial charge in [0, 0.05) is 16.5 Å². The topological polar surface area (TPSA) is 64.1 Å². The zero-order valence-corrected chi connectivity index (χ0v) is 20.6. The highest BCUT2D eigenvalue weighted by atomic mass is 35.5. The highest BCUT2D eigenvalue weighted by molar-refractivity contribution is 8.03. The van der Waals surface area contributed by atoms with Crippen LogP contribution in [0.2, 0.25) is 5.02 Å². The number of nitrogens with one attached hydrogen (secondary N) is 1. The summed E-state index contributed by atoms with van der Waals surface area (Å²) >= 11 is 10.4. The number of hydrogen-bond acceptors (Lipinski definition) is 7. The molecular weight excluding hydrogens is 494 g/mol. The third-order valence-corrected chi connectivity index (χ3v) is 7.89. The summed E-state index contributed by atoms with van der Waals surface area (Å²) in [6.45, 7) is 0.505. The number of carbonyl (C=O) groups excluding carboxylic acids is 1. The summed E-state index contributed by atoms with van der Waals surface area (Å²) in [4.78, 5) is 12.3. The first-order chi connectivity index (χ1) is 16.1. The minimum absolute atomic E-state index is 0.0940. The van der Waals surface area contributed by atoms with Crippen molar-refractivity contribution in [3.05, 3.63) is 95.0 Å². The maximum atomic E-state index is 12.3. The Bertz CT molecular complexity index is 1170. The number of rotatable bonds is 10. The number of hydrogen-bond donors (Lipinski definition) is 1. The molecule has 0 bridgehead atoms. The van der Waals surface area contributed by atoms with Crippen LogP contribution in [0.1, 0.15) is 11.1 Å². The molecule has 0 saturated heterocycles. The second-order valence-corrected chi connectivity index (χ2v) is 10.7. The van der Waals surface area contributed by atoms with Gasteiger partial charge in [0.1, 0.15) is 12.4 Å². The molecule has 4 aromatic rings. The Morgan fingerprint density at radius 3 is 2.30 bits per heavy atom. The van der Waals surface area contributed by atoms with Gasteiger partial charge in [-0.05, 0) is 47.5 Å². The summed E-state index contributed by atoms with van der Waals surface area (Å²) in [5.74, 6) is 1.72. The van der Waals surface area contributed by atoms with Gasteiger partial charge < -0.3 is 10.1 Å². The summed E-state index contributed by atoms with van der Waals surface area (Å²) in [6, 6.07) is 25.1. The molecule has 0 spiro atoms. The zero-order valence-electron chi connectivity index (χ0n) is 17.4. The van der Waals surface area contributed by atoms with Crippen LogP contribution in [0.4, 0.5) is 5.69 Å². The fourth-order valence-electron chi connectivity index (χ4n) is 2.74. The number of ether oxygens (including phenoxy) is 1. The van der Waals surface area contributed by atoms with Crippen molar-refractivity contribution in [3.8, 4) is 5.75 Å². The normalized spacial score (nSPS) is 10.7. The van der Waals surface area contributed by atoms with Gasteiger partial charge in [-0.2, -0.15) is 0 Å². The van der Waals surface area contributed by atoms with E-state index in [0.717, 1.165) is 36.5 Å². The average molecular weight is 514 g/mol. The van der Waals surface area contributed by atoms with E-state index >= 15 is 0 Å². The van der Waals surface area contributed by atoms with Gasteiger partial charge in [-0.1, -0.05) is 88.9 Å². The van der Waals surface area contributed by atoms with E-state index in [9.17, 15) is 4.79 Å². The molecule has 168 valence electrons. The Balaban J connectivity index is 1.19. The maximum Gasteiger partial charge on any atom is 0.234 e. The predicted molar refractivity (Wildman–Crippen MR) is 137 cm³/mol. The zero-order chi connectivity index (χ0) is 22.9. The van der Waals surface area contributed by atoms with Crippen LogP contribution in [-0.4, -0.2) is 21.9 Å². The second kappa shape index (κ2) is 12.1. The fraction of sp³-hybridized carbons (Fsp3) is 0.125. The number of thioether (sulfide) groups is 2. The van der Waals surface area contributed by atoms with Crippen molar-refractivity contribution in [2.24, 2.45) is 0 Å². The molecule has 33 heavy (non-hydrogen) atoms. The number of halogens is 1. The van der Waals surface area contributed by atoms with Crippen molar-refractivity contribution >= 4 is 58.1 Å². The van der Waals surface area contributed by atoms with Crippen LogP contribution in [-0.2, 0) is 17.2 Å². The van der Waals surface area contributed by atoms with Gasteiger partial charge in [0.05, 0.1) is 5.75 Å². The van der Waals surface area contributed by atoms with Gasteiger partial charge in [0.2, 0.25) is 5.91 Å². The smallest absolute Gasteiger partial charge is 0.234 e. The minimum Gasteiger partial charge on any atom is -0.489 e. The predicted octanol–water partition coefficient (Wildman–Crippen LogP) is 6.79. The summed E-state index contributed by atoms with van der Waals surface area (Å²) in [7, 11) is 0. The van der Waals surface area contributed by atoms with Gasteiger partial charge in [0.25, 0.3) is 0 Å². The van der Waals surface area contributed by atoms with Crippen LogP contribution < -0.4 is 10.1 Å². The molecule has 0 aliphatic heterocycles. The quantitative estimate of drug-likeness (QED) is 0.235. The molecule has 0 aliphatic carbocycles. The number of benzene rings is 3. The van der Waals surface area contributed by atoms with Gasteiger partial charge in [-0.3, -0.25) is 4.79 Å². The van der Waals surface area contributed by atoms with Crippen molar-refractivity contribution < 1.29 is 9.53 Å². The molecule has 9 heteroatoms. The van der Waals surface area contributed by atoms with Crippen LogP contribution in [0.5, 0.6) is 5.75 Å². The van der Waals surface area contributed by atoms with Crippen molar-refractivity contribution in [2.45, 2.75) is 21.0 Å². The van der Waals surface area contributed by atoms with Crippen LogP contribution in [0.15, 0.2) is 87.5 Å². The van der Waals surface area contributed by atoms with E-state index < -0.39 is 0 Å². The molecule has 0 unspecified atom stereocenters. The Morgan fingerprint density at radius 2 is 1.58 bits per heavy atom. The number of aromatic nitrogens is 2. The van der Waals surface area contributed by atoms with Crippen molar-refractivity contribution in [1.82, 2.24) is 10.2 Å². The summed E-state index contributed by atoms with van der Waals surface area (Å²) in [5, 5.41) is 12.0. The number of nitrogens with zero attached hydrogens (tertiary/aromatic N) is 2. The first kappa shape index (κ1) is 23.6. The van der Waals surface area contributed by atoms with Crippen molar-refractivity contribution in [3.63, 3.8) is 0 Å². The van der Waals surface area contributed by atoms with E-state index in [4.69, 9.17) is 16.3 Å². The van der Waals surface area contributed by atoms with Crippen molar-refractivity contribution in [1.29, 1.82) is 0 Å². The minimum atomic E-state index is -0.0940. The lowest BCUT2D eigenvalue weighted by molar-refractivity contribution is -0.113. The van der Waals surface area contributed by atoms with Crippen LogP contribution in [0.3, 0.4) is 0 Å². The number of amides is 1. The first-order valence-electron chi connectivity index (χ1n) is 10.0. The van der Waals surface area contributed by atoms with E-state index in [1.165, 1.54) is 28.7 Å². The molecule has 1 N–H and O–H groups in total. The molecule has 0 radical (unpaired) electrons. The second-order valence-electron chi connectivity index (χ2n) is 6.88. The van der Waals surface area contributed by atoms with Gasteiger partial charge in [-0.25, -0.2) is 0 Å². The first-order valence-corrected chi connectivity index (χ1v) is 13.2. The summed E-state index contributed by atoms with van der Waals surface area (Å²) in [5.41, 5.74) is 3.00. The molecule has 4 rings (SSSR count). The van der Waals surface area contributed by atoms with Crippen LogP contribution in [0, 0.1) is 0 Å². The van der Waals surface area contributed by atoms with Crippen LogP contribution in [0.25, 0.3) is 0 Å². The molecule has 1 aromatic heterocycles. The third-order valence-electron chi connectivity index (χ3n) is 4.38. The lowest BCUT2D eigenvalue weighted by Gasteiger charge is -2.08. The van der Waals surface area contributed by atoms with Gasteiger partial charge in [-0.15, -0.1) is 10.2 Å². The average Bonchev–Trinajstić information content (AvgIpc) is 3.31. The molecule has 1 amide bonds. The Labute approximate surface area is 209 Å². The molecule has 5 nitrogen and oxygen atoms in total. The Hall–Kier alpha value is -2.52. The monoisotopic (exact) mass is 513 g/mol. The van der Waals surface area contributed by atoms with E-state index in [-0.39, 0.29) is 11.7 Å². The summed E-state index contributed by atoms with van der Waals surface area (Å²) in [6.07, 6.45) is 0. The Morgan fingerprint density at radius 1 is 0.879 bits per heavy atom. The van der Waals surface area contributed by atoms with Gasteiger partial charge in [0.15, 0.2) is 8.68 Å². The SMILES string of the molecule is O=C(CSc1nnc(SCc2ccc(Cl)cc2)s1)Nc1ccc(OCc2ccccc2)cc1. The highest BCUT2D eigenvalue weighted by Crippen LogP contribution is 2.31. The largest absolute Gasteiger partial charge is 0.489 e. The van der Waals surface area contributed by atoms with E-state index in [0.29, 0.717) is 6.61 Å². The standard InChI is InChI=1S/C24H20ClN3O2S3/c25-19-8-6-18(7-9-19)15-31-23-27-28-24(33-23)32-16-22(29)26-20-10-12-21(13-11-20)30-14-17-4-2-1-3-5-17/h1-13H,14-16H2,(H,26,29). The van der Waals surface area contributed by atoms with E-state index in [1.54, 1.807) is 11.8 Å². The molecular formula is C24H20ClN3O2S3. The molecule has 0 aliphatic rings. The molecule has 0 fully saturated rings. The molecule has 0 saturated carbocycles.